The first-order chi connectivity index (χ1) is 32.8. The van der Waals surface area contributed by atoms with Gasteiger partial charge in [0.15, 0.2) is 11.5 Å². The fraction of sp³-hybridized carbons (Fsp3) is 0.0169. The van der Waals surface area contributed by atoms with Crippen molar-refractivity contribution < 1.29 is 9.47 Å². The van der Waals surface area contributed by atoms with E-state index < -0.39 is 5.41 Å². The predicted molar refractivity (Wildman–Crippen MR) is 263 cm³/mol. The molecule has 3 aliphatic rings. The molecule has 15 rings (SSSR count). The molecule has 12 aromatic rings. The molecule has 1 aliphatic carbocycles. The largest absolute Gasteiger partial charge is 0.457 e. The molecule has 0 radical (unpaired) electrons. The van der Waals surface area contributed by atoms with Crippen molar-refractivity contribution in [3.05, 3.63) is 235 Å². The van der Waals surface area contributed by atoms with Crippen molar-refractivity contribution in [2.75, 3.05) is 4.90 Å². The molecule has 1 unspecified atom stereocenters. The van der Waals surface area contributed by atoms with Gasteiger partial charge in [-0.3, -0.25) is 9.97 Å². The first-order valence-electron chi connectivity index (χ1n) is 22.3. The van der Waals surface area contributed by atoms with Crippen LogP contribution in [0.5, 0.6) is 23.0 Å². The molecular formula is C59H35N5O2. The zero-order valence-corrected chi connectivity index (χ0v) is 35.3. The average molecular weight is 846 g/mol. The molecule has 0 saturated heterocycles. The van der Waals surface area contributed by atoms with Crippen LogP contribution >= 0.6 is 0 Å². The summed E-state index contributed by atoms with van der Waals surface area (Å²) in [6.45, 7) is 0. The number of ether oxygens (including phenoxy) is 2. The van der Waals surface area contributed by atoms with Crippen LogP contribution in [-0.2, 0) is 5.41 Å². The zero-order chi connectivity index (χ0) is 43.1. The summed E-state index contributed by atoms with van der Waals surface area (Å²) in [5.41, 5.74) is 14.2. The van der Waals surface area contributed by atoms with Crippen molar-refractivity contribution in [1.82, 2.24) is 19.1 Å². The molecule has 1 spiro atoms. The summed E-state index contributed by atoms with van der Waals surface area (Å²) in [6.07, 6.45) is 3.90. The first-order valence-corrected chi connectivity index (χ1v) is 22.3. The molecule has 8 aromatic carbocycles. The molecule has 66 heavy (non-hydrogen) atoms. The minimum Gasteiger partial charge on any atom is -0.457 e. The molecule has 0 amide bonds. The first kappa shape index (κ1) is 35.5. The number of hydrogen-bond acceptors (Lipinski definition) is 5. The number of nitrogens with zero attached hydrogens (tertiary/aromatic N) is 5. The topological polar surface area (TPSA) is 57.3 Å². The van der Waals surface area contributed by atoms with E-state index >= 15 is 0 Å². The third-order valence-electron chi connectivity index (χ3n) is 14.0. The van der Waals surface area contributed by atoms with Crippen LogP contribution in [-0.4, -0.2) is 19.1 Å². The van der Waals surface area contributed by atoms with E-state index in [1.165, 1.54) is 21.5 Å². The van der Waals surface area contributed by atoms with Crippen LogP contribution in [0.3, 0.4) is 0 Å². The lowest BCUT2D eigenvalue weighted by atomic mass is 9.65. The second kappa shape index (κ2) is 13.1. The second-order valence-electron chi connectivity index (χ2n) is 17.3. The van der Waals surface area contributed by atoms with Gasteiger partial charge in [-0.2, -0.15) is 0 Å². The van der Waals surface area contributed by atoms with Crippen LogP contribution in [0.15, 0.2) is 213 Å². The Hall–Kier alpha value is -8.94. The Morgan fingerprint density at radius 2 is 0.879 bits per heavy atom. The van der Waals surface area contributed by atoms with E-state index in [1.54, 1.807) is 0 Å². The van der Waals surface area contributed by atoms with Crippen LogP contribution < -0.4 is 14.4 Å². The van der Waals surface area contributed by atoms with Crippen molar-refractivity contribution in [3.63, 3.8) is 0 Å². The van der Waals surface area contributed by atoms with Gasteiger partial charge in [-0.25, -0.2) is 0 Å². The van der Waals surface area contributed by atoms with Crippen LogP contribution in [0.4, 0.5) is 17.1 Å². The normalized spacial score (nSPS) is 15.2. The highest BCUT2D eigenvalue weighted by Crippen LogP contribution is 2.65. The molecule has 0 N–H and O–H groups in total. The third kappa shape index (κ3) is 4.55. The third-order valence-corrected chi connectivity index (χ3v) is 14.0. The van der Waals surface area contributed by atoms with Gasteiger partial charge in [0.1, 0.15) is 11.5 Å². The number of para-hydroxylation sites is 8. The smallest absolute Gasteiger partial charge is 0.151 e. The lowest BCUT2D eigenvalue weighted by molar-refractivity contribution is 0.436. The summed E-state index contributed by atoms with van der Waals surface area (Å²) in [4.78, 5) is 13.0. The highest BCUT2D eigenvalue weighted by Gasteiger charge is 2.55. The van der Waals surface area contributed by atoms with Gasteiger partial charge in [-0.05, 0) is 84.4 Å². The summed E-state index contributed by atoms with van der Waals surface area (Å²) >= 11 is 0. The summed E-state index contributed by atoms with van der Waals surface area (Å²) in [6, 6.07) is 71.0. The molecule has 0 saturated carbocycles. The van der Waals surface area contributed by atoms with Gasteiger partial charge in [-0.15, -0.1) is 0 Å². The molecular weight excluding hydrogens is 811 g/mol. The van der Waals surface area contributed by atoms with Crippen LogP contribution in [0.25, 0.3) is 66.4 Å². The van der Waals surface area contributed by atoms with E-state index in [0.717, 1.165) is 107 Å². The van der Waals surface area contributed by atoms with Gasteiger partial charge in [0.05, 0.1) is 67.8 Å². The summed E-state index contributed by atoms with van der Waals surface area (Å²) in [5.74, 6) is 3.08. The van der Waals surface area contributed by atoms with Gasteiger partial charge < -0.3 is 23.5 Å². The summed E-state index contributed by atoms with van der Waals surface area (Å²) in [7, 11) is 0. The molecule has 4 aromatic heterocycles. The number of hydrogen-bond donors (Lipinski definition) is 0. The average Bonchev–Trinajstić information content (AvgIpc) is 4.00. The van der Waals surface area contributed by atoms with Gasteiger partial charge in [0.2, 0.25) is 0 Å². The standard InChI is InChI=1S/C59H35N5O2/c1-5-20-45-38(15-1)39-16-2-6-21-46(39)62(45)36-30-31-42-55(34-36)66-54-29-13-26-51(64-49-24-9-11-27-52(49)65-53-28-12-10-25-50(53)64)56(54)59(42)43-19-14-32-60-57(43)58-44(59)33-37(35-61-58)63-47-22-7-3-17-40(47)41-18-4-8-23-48(41)63/h1-35H. The van der Waals surface area contributed by atoms with Crippen LogP contribution in [0.1, 0.15) is 22.3 Å². The maximum atomic E-state index is 7.37. The lowest BCUT2D eigenvalue weighted by Crippen LogP contribution is -2.34. The van der Waals surface area contributed by atoms with E-state index in [9.17, 15) is 0 Å². The Morgan fingerprint density at radius 1 is 0.364 bits per heavy atom. The van der Waals surface area contributed by atoms with Crippen LogP contribution in [0, 0.1) is 0 Å². The quantitative estimate of drug-likeness (QED) is 0.177. The lowest BCUT2D eigenvalue weighted by Gasteiger charge is -2.43. The SMILES string of the molecule is c1ccc2c(c1)Oc1ccccc1N2c1cccc2c1C1(c3ccc(-n4c5ccccc5c5ccccc54)cc3O2)c2cccnc2-c2ncc(-n3c4ccccc4c4ccccc43)cc21. The van der Waals surface area contributed by atoms with Gasteiger partial charge >= 0.3 is 0 Å². The molecule has 7 heteroatoms. The molecule has 308 valence electrons. The molecule has 0 bridgehead atoms. The summed E-state index contributed by atoms with van der Waals surface area (Å²) < 4.78 is 18.7. The second-order valence-corrected chi connectivity index (χ2v) is 17.3. The number of fused-ring (bicyclic) bond motifs is 17. The molecule has 2 aliphatic heterocycles. The fourth-order valence-corrected chi connectivity index (χ4v) is 11.5. The Balaban J connectivity index is 1.07. The number of aromatic nitrogens is 4. The Kier molecular flexibility index (Phi) is 7.03. The van der Waals surface area contributed by atoms with E-state index in [-0.39, 0.29) is 0 Å². The van der Waals surface area contributed by atoms with E-state index in [2.05, 4.69) is 190 Å². The highest BCUT2D eigenvalue weighted by atomic mass is 16.5. The minimum atomic E-state index is -0.943. The van der Waals surface area contributed by atoms with Gasteiger partial charge in [0, 0.05) is 56.2 Å². The predicted octanol–water partition coefficient (Wildman–Crippen LogP) is 14.7. The van der Waals surface area contributed by atoms with Crippen molar-refractivity contribution in [3.8, 4) is 45.8 Å². The van der Waals surface area contributed by atoms with E-state index in [1.807, 2.05) is 36.7 Å². The van der Waals surface area contributed by atoms with Crippen LogP contribution in [0.2, 0.25) is 0 Å². The van der Waals surface area contributed by atoms with E-state index in [4.69, 9.17) is 19.4 Å². The van der Waals surface area contributed by atoms with E-state index in [0.29, 0.717) is 0 Å². The molecule has 7 nitrogen and oxygen atoms in total. The Bertz CT molecular complexity index is 3900. The summed E-state index contributed by atoms with van der Waals surface area (Å²) in [5, 5.41) is 4.80. The Morgan fingerprint density at radius 3 is 1.52 bits per heavy atom. The number of rotatable bonds is 3. The molecule has 0 fully saturated rings. The molecule has 6 heterocycles. The minimum absolute atomic E-state index is 0.755. The van der Waals surface area contributed by atoms with Gasteiger partial charge in [-0.1, -0.05) is 115 Å². The Labute approximate surface area is 378 Å². The number of benzene rings is 8. The van der Waals surface area contributed by atoms with Crippen molar-refractivity contribution in [2.24, 2.45) is 0 Å². The zero-order valence-electron chi connectivity index (χ0n) is 35.3. The van der Waals surface area contributed by atoms with Crippen molar-refractivity contribution in [2.45, 2.75) is 5.41 Å². The number of anilines is 3. The number of pyridine rings is 2. The fourth-order valence-electron chi connectivity index (χ4n) is 11.5. The maximum absolute atomic E-state index is 7.37. The monoisotopic (exact) mass is 845 g/mol. The van der Waals surface area contributed by atoms with Crippen molar-refractivity contribution >= 4 is 60.7 Å². The van der Waals surface area contributed by atoms with Crippen molar-refractivity contribution in [1.29, 1.82) is 0 Å². The van der Waals surface area contributed by atoms with Gasteiger partial charge in [0.25, 0.3) is 0 Å². The maximum Gasteiger partial charge on any atom is 0.151 e. The molecule has 1 atom stereocenters. The highest BCUT2D eigenvalue weighted by molar-refractivity contribution is 6.10.